The lowest BCUT2D eigenvalue weighted by molar-refractivity contribution is -0.145. The van der Waals surface area contributed by atoms with Crippen LogP contribution in [0.1, 0.15) is 20.8 Å². The fraction of sp³-hybridized carbons (Fsp3) is 0.889. The molecule has 0 bridgehead atoms. The van der Waals surface area contributed by atoms with E-state index in [1.807, 2.05) is 6.92 Å². The third-order valence-electron chi connectivity index (χ3n) is 2.56. The molecule has 1 fully saturated rings. The zero-order valence-corrected chi connectivity index (χ0v) is 7.78. The second-order valence-corrected chi connectivity index (χ2v) is 3.45. The summed E-state index contributed by atoms with van der Waals surface area (Å²) in [5.41, 5.74) is 0. The molecule has 0 spiro atoms. The van der Waals surface area contributed by atoms with Crippen LogP contribution in [-0.2, 0) is 9.53 Å². The first kappa shape index (κ1) is 9.52. The fourth-order valence-electron chi connectivity index (χ4n) is 1.84. The van der Waals surface area contributed by atoms with Gasteiger partial charge in [0.05, 0.1) is 18.6 Å². The predicted octanol–water partition coefficient (Wildman–Crippen LogP) is 0.812. The first-order valence-electron chi connectivity index (χ1n) is 4.44. The number of esters is 1. The van der Waals surface area contributed by atoms with Gasteiger partial charge in [0.15, 0.2) is 0 Å². The van der Waals surface area contributed by atoms with Gasteiger partial charge in [-0.2, -0.15) is 0 Å². The van der Waals surface area contributed by atoms with E-state index < -0.39 is 6.10 Å². The van der Waals surface area contributed by atoms with Crippen molar-refractivity contribution in [2.24, 2.45) is 17.8 Å². The van der Waals surface area contributed by atoms with Crippen LogP contribution in [0.25, 0.3) is 0 Å². The number of aliphatic hydroxyl groups is 1. The van der Waals surface area contributed by atoms with Gasteiger partial charge in [0.1, 0.15) is 0 Å². The standard InChI is InChI=1S/C9H16O3/c1-4-12-9(11)8-5(2)7(8)6(3)10/h5-8,10H,4H2,1-3H3/t5-,6+,7-,8+/m0/s1. The molecule has 3 nitrogen and oxygen atoms in total. The second kappa shape index (κ2) is 3.44. The zero-order valence-electron chi connectivity index (χ0n) is 7.78. The highest BCUT2D eigenvalue weighted by molar-refractivity contribution is 5.76. The van der Waals surface area contributed by atoms with Gasteiger partial charge < -0.3 is 9.84 Å². The van der Waals surface area contributed by atoms with Crippen molar-refractivity contribution in [1.29, 1.82) is 0 Å². The predicted molar refractivity (Wildman–Crippen MR) is 44.5 cm³/mol. The lowest BCUT2D eigenvalue weighted by Crippen LogP contribution is -2.12. The minimum absolute atomic E-state index is 0.0649. The maximum atomic E-state index is 11.2. The molecule has 1 aliphatic carbocycles. The van der Waals surface area contributed by atoms with E-state index in [0.29, 0.717) is 6.61 Å². The van der Waals surface area contributed by atoms with E-state index in [9.17, 15) is 9.90 Å². The van der Waals surface area contributed by atoms with Gasteiger partial charge in [-0.1, -0.05) is 6.92 Å². The zero-order chi connectivity index (χ0) is 9.30. The van der Waals surface area contributed by atoms with Crippen LogP contribution >= 0.6 is 0 Å². The maximum Gasteiger partial charge on any atom is 0.309 e. The average molecular weight is 172 g/mol. The van der Waals surface area contributed by atoms with E-state index in [-0.39, 0.29) is 23.7 Å². The molecule has 0 saturated heterocycles. The lowest BCUT2D eigenvalue weighted by atomic mass is 10.2. The molecule has 12 heavy (non-hydrogen) atoms. The van der Waals surface area contributed by atoms with Gasteiger partial charge in [0.2, 0.25) is 0 Å². The molecular weight excluding hydrogens is 156 g/mol. The van der Waals surface area contributed by atoms with Crippen LogP contribution in [-0.4, -0.2) is 23.8 Å². The number of aliphatic hydroxyl groups excluding tert-OH is 1. The Morgan fingerprint density at radius 3 is 2.58 bits per heavy atom. The summed E-state index contributed by atoms with van der Waals surface area (Å²) in [6.45, 7) is 5.91. The SMILES string of the molecule is CCOC(=O)[C@@H]1[C@@H](C)[C@H]1[C@@H](C)O. The van der Waals surface area contributed by atoms with Crippen LogP contribution < -0.4 is 0 Å². The molecule has 0 radical (unpaired) electrons. The Morgan fingerprint density at radius 1 is 1.67 bits per heavy atom. The lowest BCUT2D eigenvalue weighted by Gasteiger charge is -2.01. The largest absolute Gasteiger partial charge is 0.466 e. The summed E-state index contributed by atoms with van der Waals surface area (Å²) in [5, 5.41) is 9.24. The first-order valence-corrected chi connectivity index (χ1v) is 4.44. The summed E-state index contributed by atoms with van der Waals surface area (Å²) in [4.78, 5) is 11.2. The Hall–Kier alpha value is -0.570. The summed E-state index contributed by atoms with van der Waals surface area (Å²) >= 11 is 0. The molecule has 0 aromatic carbocycles. The average Bonchev–Trinajstić information content (AvgIpc) is 2.62. The van der Waals surface area contributed by atoms with E-state index in [0.717, 1.165) is 0 Å². The summed E-state index contributed by atoms with van der Waals surface area (Å²) in [6.07, 6.45) is -0.394. The van der Waals surface area contributed by atoms with Crippen molar-refractivity contribution >= 4 is 5.97 Å². The summed E-state index contributed by atoms with van der Waals surface area (Å²) < 4.78 is 4.87. The highest BCUT2D eigenvalue weighted by atomic mass is 16.5. The topological polar surface area (TPSA) is 46.5 Å². The second-order valence-electron chi connectivity index (χ2n) is 3.45. The molecule has 0 unspecified atom stereocenters. The summed E-state index contributed by atoms with van der Waals surface area (Å²) in [6, 6.07) is 0. The molecule has 4 atom stereocenters. The smallest absolute Gasteiger partial charge is 0.309 e. The molecule has 1 saturated carbocycles. The Morgan fingerprint density at radius 2 is 2.25 bits per heavy atom. The van der Waals surface area contributed by atoms with Crippen LogP contribution in [0.15, 0.2) is 0 Å². The third kappa shape index (κ3) is 1.61. The highest BCUT2D eigenvalue weighted by Crippen LogP contribution is 2.48. The number of hydrogen-bond acceptors (Lipinski definition) is 3. The minimum Gasteiger partial charge on any atom is -0.466 e. The normalized spacial score (nSPS) is 35.8. The Kier molecular flexibility index (Phi) is 2.73. The quantitative estimate of drug-likeness (QED) is 0.641. The Labute approximate surface area is 72.7 Å². The maximum absolute atomic E-state index is 11.2. The highest BCUT2D eigenvalue weighted by Gasteiger charge is 2.54. The van der Waals surface area contributed by atoms with Crippen LogP contribution in [0.5, 0.6) is 0 Å². The molecule has 1 rings (SSSR count). The fourth-order valence-corrected chi connectivity index (χ4v) is 1.84. The van der Waals surface area contributed by atoms with E-state index >= 15 is 0 Å². The van der Waals surface area contributed by atoms with Gasteiger partial charge in [-0.15, -0.1) is 0 Å². The number of ether oxygens (including phenoxy) is 1. The van der Waals surface area contributed by atoms with E-state index in [1.54, 1.807) is 13.8 Å². The van der Waals surface area contributed by atoms with Crippen molar-refractivity contribution in [2.45, 2.75) is 26.9 Å². The molecule has 1 aliphatic rings. The van der Waals surface area contributed by atoms with Crippen molar-refractivity contribution in [3.8, 4) is 0 Å². The molecule has 1 N–H and O–H groups in total. The van der Waals surface area contributed by atoms with Crippen LogP contribution in [0, 0.1) is 17.8 Å². The number of carbonyl (C=O) groups excluding carboxylic acids is 1. The molecule has 3 heteroatoms. The summed E-state index contributed by atoms with van der Waals surface area (Å²) in [7, 11) is 0. The molecule has 70 valence electrons. The van der Waals surface area contributed by atoms with Crippen LogP contribution in [0.3, 0.4) is 0 Å². The number of carbonyl (C=O) groups is 1. The molecule has 0 amide bonds. The summed E-state index contributed by atoms with van der Waals surface area (Å²) in [5.74, 6) is 0.175. The van der Waals surface area contributed by atoms with Crippen LogP contribution in [0.2, 0.25) is 0 Å². The van der Waals surface area contributed by atoms with Gasteiger partial charge in [0.25, 0.3) is 0 Å². The van der Waals surface area contributed by atoms with Gasteiger partial charge >= 0.3 is 5.97 Å². The monoisotopic (exact) mass is 172 g/mol. The Bertz CT molecular complexity index is 177. The van der Waals surface area contributed by atoms with Crippen molar-refractivity contribution in [2.75, 3.05) is 6.61 Å². The van der Waals surface area contributed by atoms with E-state index in [2.05, 4.69) is 0 Å². The van der Waals surface area contributed by atoms with Gasteiger partial charge in [-0.25, -0.2) is 0 Å². The minimum atomic E-state index is -0.394. The third-order valence-corrected chi connectivity index (χ3v) is 2.56. The van der Waals surface area contributed by atoms with Crippen LogP contribution in [0.4, 0.5) is 0 Å². The molecule has 0 heterocycles. The number of hydrogen-bond donors (Lipinski definition) is 1. The molecule has 0 aliphatic heterocycles. The van der Waals surface area contributed by atoms with Crippen molar-refractivity contribution in [1.82, 2.24) is 0 Å². The molecule has 0 aromatic rings. The van der Waals surface area contributed by atoms with E-state index in [4.69, 9.17) is 4.74 Å². The van der Waals surface area contributed by atoms with Gasteiger partial charge in [-0.05, 0) is 19.8 Å². The Balaban J connectivity index is 2.42. The van der Waals surface area contributed by atoms with Gasteiger partial charge in [-0.3, -0.25) is 4.79 Å². The first-order chi connectivity index (χ1) is 5.59. The van der Waals surface area contributed by atoms with Crippen molar-refractivity contribution in [3.63, 3.8) is 0 Å². The number of rotatable bonds is 3. The van der Waals surface area contributed by atoms with Crippen molar-refractivity contribution in [3.05, 3.63) is 0 Å². The van der Waals surface area contributed by atoms with E-state index in [1.165, 1.54) is 0 Å². The molecular formula is C9H16O3. The van der Waals surface area contributed by atoms with Crippen molar-refractivity contribution < 1.29 is 14.6 Å². The van der Waals surface area contributed by atoms with Gasteiger partial charge in [0, 0.05) is 5.92 Å². The molecule has 0 aromatic heterocycles.